The van der Waals surface area contributed by atoms with Crippen LogP contribution in [0.5, 0.6) is 0 Å². The number of nitro groups is 1. The van der Waals surface area contributed by atoms with Crippen molar-refractivity contribution >= 4 is 23.1 Å². The first kappa shape index (κ1) is 10.6. The Kier molecular flexibility index (Phi) is 2.81. The average molecular weight is 218 g/mol. The van der Waals surface area contributed by atoms with E-state index in [0.717, 1.165) is 19.1 Å². The van der Waals surface area contributed by atoms with Gasteiger partial charge in [-0.1, -0.05) is 11.6 Å². The number of carbonyl (C=O) groups excluding carboxylic acids is 1. The number of hydrogen-bond donors (Lipinski definition) is 0. The maximum atomic E-state index is 13.0. The van der Waals surface area contributed by atoms with Crippen LogP contribution in [-0.2, 0) is 0 Å². The summed E-state index contributed by atoms with van der Waals surface area (Å²) in [5.74, 6) is -1.50. The van der Waals surface area contributed by atoms with Crippen LogP contribution in [0.15, 0.2) is 12.1 Å². The molecule has 1 aromatic carbocycles. The van der Waals surface area contributed by atoms with Crippen molar-refractivity contribution in [3.8, 4) is 0 Å². The summed E-state index contributed by atoms with van der Waals surface area (Å²) in [6.07, 6.45) is 0. The number of nitro benzene ring substituents is 1. The molecule has 0 heterocycles. The zero-order chi connectivity index (χ0) is 10.9. The molecule has 0 atom stereocenters. The lowest BCUT2D eigenvalue weighted by atomic mass is 10.1. The molecule has 14 heavy (non-hydrogen) atoms. The van der Waals surface area contributed by atoms with E-state index in [2.05, 4.69) is 0 Å². The Hall–Kier alpha value is -1.49. The first-order chi connectivity index (χ1) is 6.45. The maximum absolute atomic E-state index is 13.0. The zero-order valence-corrected chi connectivity index (χ0v) is 7.84. The van der Waals surface area contributed by atoms with E-state index in [9.17, 15) is 19.3 Å². The monoisotopic (exact) mass is 217 g/mol. The normalized spacial score (nSPS) is 9.93. The second kappa shape index (κ2) is 3.71. The number of hydrogen-bond acceptors (Lipinski definition) is 3. The molecule has 6 heteroatoms. The second-order valence-electron chi connectivity index (χ2n) is 2.57. The van der Waals surface area contributed by atoms with Gasteiger partial charge in [0.15, 0.2) is 5.78 Å². The lowest BCUT2D eigenvalue weighted by Crippen LogP contribution is -2.01. The van der Waals surface area contributed by atoms with Gasteiger partial charge in [0.05, 0.1) is 10.5 Å². The Labute approximate surface area is 83.4 Å². The minimum atomic E-state index is -0.854. The van der Waals surface area contributed by atoms with E-state index in [1.165, 1.54) is 0 Å². The largest absolute Gasteiger partial charge is 0.294 e. The van der Waals surface area contributed by atoms with E-state index < -0.39 is 32.8 Å². The Morgan fingerprint density at radius 3 is 2.57 bits per heavy atom. The van der Waals surface area contributed by atoms with Crippen LogP contribution in [0.3, 0.4) is 0 Å². The van der Waals surface area contributed by atoms with Gasteiger partial charge >= 0.3 is 0 Å². The Morgan fingerprint density at radius 2 is 2.14 bits per heavy atom. The molecule has 0 N–H and O–H groups in total. The third kappa shape index (κ3) is 1.72. The first-order valence-corrected chi connectivity index (χ1v) is 3.96. The standard InChI is InChI=1S/C8H5ClFNO3/c1-4(12)7-5(10)2-3-6(8(7)9)11(13)14/h2-3H,1H3. The minimum absolute atomic E-state index is 0.444. The molecule has 0 unspecified atom stereocenters. The van der Waals surface area contributed by atoms with Gasteiger partial charge < -0.3 is 0 Å². The lowest BCUT2D eigenvalue weighted by molar-refractivity contribution is -0.384. The summed E-state index contributed by atoms with van der Waals surface area (Å²) in [6, 6.07) is 1.77. The number of nitrogens with zero attached hydrogens (tertiary/aromatic N) is 1. The number of carbonyl (C=O) groups is 1. The summed E-state index contributed by atoms with van der Waals surface area (Å²) in [4.78, 5) is 20.5. The van der Waals surface area contributed by atoms with Gasteiger partial charge in [-0.2, -0.15) is 0 Å². The first-order valence-electron chi connectivity index (χ1n) is 3.58. The van der Waals surface area contributed by atoms with Crippen LogP contribution in [0.2, 0.25) is 5.02 Å². The van der Waals surface area contributed by atoms with E-state index in [1.807, 2.05) is 0 Å². The third-order valence-electron chi connectivity index (χ3n) is 1.62. The van der Waals surface area contributed by atoms with Gasteiger partial charge in [0.2, 0.25) is 0 Å². The predicted octanol–water partition coefficient (Wildman–Crippen LogP) is 2.59. The van der Waals surface area contributed by atoms with Crippen LogP contribution in [0, 0.1) is 15.9 Å². The van der Waals surface area contributed by atoms with Crippen molar-refractivity contribution in [2.24, 2.45) is 0 Å². The summed E-state index contributed by atoms with van der Waals surface area (Å²) >= 11 is 5.50. The van der Waals surface area contributed by atoms with E-state index >= 15 is 0 Å². The molecule has 0 saturated carbocycles. The molecule has 0 spiro atoms. The number of halogens is 2. The molecule has 0 saturated heterocycles. The summed E-state index contributed by atoms with van der Waals surface area (Å²) < 4.78 is 13.0. The second-order valence-corrected chi connectivity index (χ2v) is 2.95. The van der Waals surface area contributed by atoms with Crippen molar-refractivity contribution < 1.29 is 14.1 Å². The van der Waals surface area contributed by atoms with Gasteiger partial charge in [-0.05, 0) is 13.0 Å². The van der Waals surface area contributed by atoms with Crippen molar-refractivity contribution in [1.82, 2.24) is 0 Å². The molecular weight excluding hydrogens is 213 g/mol. The number of Topliss-reactive ketones (excluding diaryl/α,β-unsaturated/α-hetero) is 1. The molecule has 0 bridgehead atoms. The van der Waals surface area contributed by atoms with Gasteiger partial charge in [-0.25, -0.2) is 4.39 Å². The SMILES string of the molecule is CC(=O)c1c(F)ccc([N+](=O)[O-])c1Cl. The summed E-state index contributed by atoms with van der Waals surface area (Å²) in [5.41, 5.74) is -0.917. The highest BCUT2D eigenvalue weighted by molar-refractivity contribution is 6.35. The fourth-order valence-corrected chi connectivity index (χ4v) is 1.36. The fourth-order valence-electron chi connectivity index (χ4n) is 1.01. The highest BCUT2D eigenvalue weighted by Gasteiger charge is 2.21. The van der Waals surface area contributed by atoms with Crippen LogP contribution in [0.25, 0.3) is 0 Å². The number of rotatable bonds is 2. The van der Waals surface area contributed by atoms with E-state index in [4.69, 9.17) is 11.6 Å². The molecule has 1 aromatic rings. The van der Waals surface area contributed by atoms with E-state index in [-0.39, 0.29) is 0 Å². The fraction of sp³-hybridized carbons (Fsp3) is 0.125. The Morgan fingerprint density at radius 1 is 1.57 bits per heavy atom. The Bertz CT molecular complexity index is 419. The highest BCUT2D eigenvalue weighted by atomic mass is 35.5. The van der Waals surface area contributed by atoms with Gasteiger partial charge in [0.25, 0.3) is 5.69 Å². The Balaban J connectivity index is 3.49. The van der Waals surface area contributed by atoms with Gasteiger partial charge in [0, 0.05) is 6.07 Å². The zero-order valence-electron chi connectivity index (χ0n) is 7.08. The van der Waals surface area contributed by atoms with Crippen molar-refractivity contribution in [3.05, 3.63) is 38.7 Å². The molecule has 0 fully saturated rings. The van der Waals surface area contributed by atoms with Crippen LogP contribution < -0.4 is 0 Å². The molecule has 0 aromatic heterocycles. The molecule has 0 amide bonds. The molecule has 1 rings (SSSR count). The number of ketones is 1. The smallest absolute Gasteiger partial charge is 0.288 e. The van der Waals surface area contributed by atoms with Gasteiger partial charge in [-0.15, -0.1) is 0 Å². The highest BCUT2D eigenvalue weighted by Crippen LogP contribution is 2.29. The minimum Gasteiger partial charge on any atom is -0.294 e. The van der Waals surface area contributed by atoms with Crippen molar-refractivity contribution in [3.63, 3.8) is 0 Å². The molecule has 0 aliphatic rings. The molecule has 74 valence electrons. The van der Waals surface area contributed by atoms with Crippen molar-refractivity contribution in [1.29, 1.82) is 0 Å². The quantitative estimate of drug-likeness (QED) is 0.435. The van der Waals surface area contributed by atoms with Gasteiger partial charge in [-0.3, -0.25) is 14.9 Å². The van der Waals surface area contributed by atoms with Gasteiger partial charge in [0.1, 0.15) is 10.8 Å². The summed E-state index contributed by atoms with van der Waals surface area (Å²) in [7, 11) is 0. The van der Waals surface area contributed by atoms with Crippen LogP contribution in [0.1, 0.15) is 17.3 Å². The van der Waals surface area contributed by atoms with Crippen LogP contribution in [-0.4, -0.2) is 10.7 Å². The maximum Gasteiger partial charge on any atom is 0.288 e. The molecule has 4 nitrogen and oxygen atoms in total. The molecule has 0 aliphatic heterocycles. The van der Waals surface area contributed by atoms with Crippen molar-refractivity contribution in [2.75, 3.05) is 0 Å². The average Bonchev–Trinajstić information content (AvgIpc) is 2.02. The van der Waals surface area contributed by atoms with Crippen LogP contribution in [0.4, 0.5) is 10.1 Å². The summed E-state index contributed by atoms with van der Waals surface area (Å²) in [5, 5.41) is 9.94. The van der Waals surface area contributed by atoms with E-state index in [1.54, 1.807) is 0 Å². The van der Waals surface area contributed by atoms with Crippen LogP contribution >= 0.6 is 11.6 Å². The summed E-state index contributed by atoms with van der Waals surface area (Å²) in [6.45, 7) is 1.09. The molecule has 0 aliphatic carbocycles. The van der Waals surface area contributed by atoms with Crippen molar-refractivity contribution in [2.45, 2.75) is 6.92 Å². The third-order valence-corrected chi connectivity index (χ3v) is 2.00. The van der Waals surface area contributed by atoms with E-state index in [0.29, 0.717) is 0 Å². The molecule has 0 radical (unpaired) electrons. The predicted molar refractivity (Wildman–Crippen MR) is 48.1 cm³/mol. The number of benzene rings is 1. The molecular formula is C8H5ClFNO3. The lowest BCUT2D eigenvalue weighted by Gasteiger charge is -2.01. The topological polar surface area (TPSA) is 60.2 Å².